The minimum atomic E-state index is -0.519. The van der Waals surface area contributed by atoms with Crippen molar-refractivity contribution in [3.63, 3.8) is 0 Å². The minimum absolute atomic E-state index is 0.185. The predicted octanol–water partition coefficient (Wildman–Crippen LogP) is 6.21. The van der Waals surface area contributed by atoms with E-state index in [9.17, 15) is 4.79 Å². The van der Waals surface area contributed by atoms with Crippen LogP contribution in [-0.2, 0) is 24.3 Å². The van der Waals surface area contributed by atoms with Crippen molar-refractivity contribution in [3.8, 4) is 11.8 Å². The van der Waals surface area contributed by atoms with Gasteiger partial charge in [0.05, 0.1) is 18.8 Å². The van der Waals surface area contributed by atoms with Crippen molar-refractivity contribution in [2.24, 2.45) is 5.92 Å². The summed E-state index contributed by atoms with van der Waals surface area (Å²) in [6, 6.07) is 23.5. The van der Waals surface area contributed by atoms with Crippen LogP contribution in [0.15, 0.2) is 66.7 Å². The number of benzene rings is 3. The average Bonchev–Trinajstić information content (AvgIpc) is 3.12. The summed E-state index contributed by atoms with van der Waals surface area (Å²) in [5, 5.41) is 5.81. The Morgan fingerprint density at radius 3 is 2.53 bits per heavy atom. The number of amides is 1. The van der Waals surface area contributed by atoms with Crippen molar-refractivity contribution in [2.45, 2.75) is 58.8 Å². The van der Waals surface area contributed by atoms with Gasteiger partial charge < -0.3 is 34.2 Å². The second-order valence-electron chi connectivity index (χ2n) is 14.3. The lowest BCUT2D eigenvalue weighted by Crippen LogP contribution is -2.45. The van der Waals surface area contributed by atoms with Gasteiger partial charge in [0, 0.05) is 74.4 Å². The van der Waals surface area contributed by atoms with E-state index in [0.29, 0.717) is 38.9 Å². The number of nitrogens with one attached hydrogen (secondary N) is 1. The minimum Gasteiger partial charge on any atom is -0.489 e. The van der Waals surface area contributed by atoms with Crippen molar-refractivity contribution < 1.29 is 19.0 Å². The van der Waals surface area contributed by atoms with Crippen LogP contribution in [0.3, 0.4) is 0 Å². The zero-order valence-electron chi connectivity index (χ0n) is 29.0. The summed E-state index contributed by atoms with van der Waals surface area (Å²) in [4.78, 5) is 29.5. The second kappa shape index (κ2) is 14.5. The van der Waals surface area contributed by atoms with Gasteiger partial charge in [0.1, 0.15) is 23.8 Å². The summed E-state index contributed by atoms with van der Waals surface area (Å²) < 4.78 is 18.4. The van der Waals surface area contributed by atoms with E-state index in [-0.39, 0.29) is 12.0 Å². The molecule has 258 valence electrons. The summed E-state index contributed by atoms with van der Waals surface area (Å²) in [6.07, 6.45) is 2.48. The Bertz CT molecular complexity index is 1750. The van der Waals surface area contributed by atoms with Crippen molar-refractivity contribution >= 4 is 28.4 Å². The van der Waals surface area contributed by atoms with E-state index < -0.39 is 5.60 Å². The first-order valence-electron chi connectivity index (χ1n) is 17.7. The lowest BCUT2D eigenvalue weighted by Gasteiger charge is -2.36. The van der Waals surface area contributed by atoms with Crippen molar-refractivity contribution in [1.82, 2.24) is 20.2 Å². The Morgan fingerprint density at radius 2 is 1.71 bits per heavy atom. The highest BCUT2D eigenvalue weighted by molar-refractivity contribution is 5.95. The zero-order valence-corrected chi connectivity index (χ0v) is 29.0. The molecule has 10 heteroatoms. The highest BCUT2D eigenvalue weighted by atomic mass is 16.6. The molecule has 2 fully saturated rings. The summed E-state index contributed by atoms with van der Waals surface area (Å²) in [6.45, 7) is 13.1. The summed E-state index contributed by atoms with van der Waals surface area (Å²) >= 11 is 0. The lowest BCUT2D eigenvalue weighted by molar-refractivity contribution is 0.0137. The largest absolute Gasteiger partial charge is 0.489 e. The van der Waals surface area contributed by atoms with E-state index in [1.165, 1.54) is 10.9 Å². The molecule has 1 N–H and O–H groups in total. The molecule has 4 heterocycles. The number of likely N-dealkylation sites (tertiary alicyclic amines) is 1. The maximum atomic E-state index is 12.8. The van der Waals surface area contributed by atoms with Crippen LogP contribution in [-0.4, -0.2) is 79.0 Å². The van der Waals surface area contributed by atoms with Crippen LogP contribution in [0.5, 0.6) is 11.8 Å². The number of piperidine rings is 1. The standard InChI is InChI=1S/C39H48N6O4/c1-39(2,3)49-38(46)45-18-9-12-29(24-45)27-48-37-41-34-25-44(19-15-33(34)36(42-37)43-20-16-40-17-21-43)35-23-31(22-30-13-7-8-14-32(30)35)47-26-28-10-5-4-6-11-28/h4-8,10-11,13-14,22-23,29,40H,9,12,15-21,24-27H2,1-3H3/t29-/m1/s1. The number of anilines is 2. The number of hydrogen-bond acceptors (Lipinski definition) is 9. The van der Waals surface area contributed by atoms with E-state index in [1.807, 2.05) is 43.9 Å². The van der Waals surface area contributed by atoms with E-state index in [0.717, 1.165) is 85.9 Å². The molecule has 7 rings (SSSR count). The van der Waals surface area contributed by atoms with Gasteiger partial charge in [-0.1, -0.05) is 54.6 Å². The number of hydrogen-bond donors (Lipinski definition) is 1. The molecule has 0 radical (unpaired) electrons. The Kier molecular flexibility index (Phi) is 9.75. The molecule has 0 saturated carbocycles. The lowest BCUT2D eigenvalue weighted by atomic mass is 9.99. The van der Waals surface area contributed by atoms with Gasteiger partial charge in [-0.15, -0.1) is 0 Å². The Labute approximate surface area is 289 Å². The molecule has 2 saturated heterocycles. The summed E-state index contributed by atoms with van der Waals surface area (Å²) in [5.74, 6) is 2.03. The molecular weight excluding hydrogens is 616 g/mol. The fourth-order valence-electron chi connectivity index (χ4n) is 7.03. The van der Waals surface area contributed by atoms with Gasteiger partial charge in [0.25, 0.3) is 0 Å². The number of aromatic nitrogens is 2. The molecule has 1 atom stereocenters. The van der Waals surface area contributed by atoms with Crippen LogP contribution < -0.4 is 24.6 Å². The number of rotatable bonds is 8. The smallest absolute Gasteiger partial charge is 0.410 e. The van der Waals surface area contributed by atoms with Gasteiger partial charge >= 0.3 is 12.1 Å². The Hall–Kier alpha value is -4.57. The molecule has 1 amide bonds. The van der Waals surface area contributed by atoms with Gasteiger partial charge in [0.15, 0.2) is 0 Å². The molecule has 49 heavy (non-hydrogen) atoms. The van der Waals surface area contributed by atoms with Gasteiger partial charge in [-0.3, -0.25) is 0 Å². The quantitative estimate of drug-likeness (QED) is 0.236. The molecule has 0 unspecified atom stereocenters. The third-order valence-electron chi connectivity index (χ3n) is 9.46. The van der Waals surface area contributed by atoms with Gasteiger partial charge in [-0.2, -0.15) is 9.97 Å². The molecular formula is C39H48N6O4. The number of nitrogens with zero attached hydrogens (tertiary/aromatic N) is 5. The first kappa shape index (κ1) is 33.0. The van der Waals surface area contributed by atoms with Crippen molar-refractivity contribution in [3.05, 3.63) is 83.6 Å². The molecule has 3 aliphatic rings. The monoisotopic (exact) mass is 664 g/mol. The molecule has 1 aromatic heterocycles. The van der Waals surface area contributed by atoms with Gasteiger partial charge in [-0.05, 0) is 57.0 Å². The van der Waals surface area contributed by atoms with Gasteiger partial charge in [0.2, 0.25) is 0 Å². The van der Waals surface area contributed by atoms with Crippen LogP contribution in [0.25, 0.3) is 10.8 Å². The topological polar surface area (TPSA) is 92.3 Å². The molecule has 3 aliphatic heterocycles. The predicted molar refractivity (Wildman–Crippen MR) is 193 cm³/mol. The number of ether oxygens (including phenoxy) is 3. The van der Waals surface area contributed by atoms with Crippen LogP contribution in [0.2, 0.25) is 0 Å². The van der Waals surface area contributed by atoms with Crippen LogP contribution in [0.4, 0.5) is 16.3 Å². The van der Waals surface area contributed by atoms with Crippen molar-refractivity contribution in [2.75, 3.05) is 62.2 Å². The van der Waals surface area contributed by atoms with E-state index in [4.69, 9.17) is 24.2 Å². The summed E-state index contributed by atoms with van der Waals surface area (Å²) in [7, 11) is 0. The molecule has 0 bridgehead atoms. The molecule has 0 spiro atoms. The molecule has 10 nitrogen and oxygen atoms in total. The normalized spacial score (nSPS) is 18.3. The van der Waals surface area contributed by atoms with E-state index in [2.05, 4.69) is 63.6 Å². The third kappa shape index (κ3) is 8.02. The van der Waals surface area contributed by atoms with Crippen LogP contribution in [0.1, 0.15) is 50.4 Å². The van der Waals surface area contributed by atoms with Crippen LogP contribution in [0, 0.1) is 5.92 Å². The number of fused-ring (bicyclic) bond motifs is 2. The Balaban J connectivity index is 1.13. The Morgan fingerprint density at radius 1 is 0.918 bits per heavy atom. The highest BCUT2D eigenvalue weighted by Gasteiger charge is 2.30. The fraction of sp³-hybridized carbons (Fsp3) is 0.462. The number of carbonyl (C=O) groups excluding carboxylic acids is 1. The zero-order chi connectivity index (χ0) is 33.8. The SMILES string of the molecule is CC(C)(C)OC(=O)N1CCC[C@@H](COc2nc3c(c(N4CCNCC4)n2)CCN(c2cc(OCc4ccccc4)cc4ccccc24)C3)C1. The molecule has 4 aromatic rings. The maximum absolute atomic E-state index is 12.8. The average molecular weight is 665 g/mol. The summed E-state index contributed by atoms with van der Waals surface area (Å²) in [5.41, 5.74) is 3.97. The van der Waals surface area contributed by atoms with Crippen molar-refractivity contribution in [1.29, 1.82) is 0 Å². The van der Waals surface area contributed by atoms with E-state index >= 15 is 0 Å². The molecule has 3 aromatic carbocycles. The number of piperazine rings is 1. The first-order valence-corrected chi connectivity index (χ1v) is 17.7. The maximum Gasteiger partial charge on any atom is 0.410 e. The highest BCUT2D eigenvalue weighted by Crippen LogP contribution is 2.37. The first-order chi connectivity index (χ1) is 23.8. The van der Waals surface area contributed by atoms with Gasteiger partial charge in [-0.25, -0.2) is 4.79 Å². The second-order valence-corrected chi connectivity index (χ2v) is 14.3. The number of carbonyl (C=O) groups is 1. The third-order valence-corrected chi connectivity index (χ3v) is 9.46. The molecule has 0 aliphatic carbocycles. The fourth-order valence-corrected chi connectivity index (χ4v) is 7.03. The van der Waals surface area contributed by atoms with E-state index in [1.54, 1.807) is 0 Å². The van der Waals surface area contributed by atoms with Crippen LogP contribution >= 0.6 is 0 Å².